The smallest absolute Gasteiger partial charge is 0.328 e. The van der Waals surface area contributed by atoms with E-state index >= 15 is 0 Å². The Labute approximate surface area is 157 Å². The number of pyridine rings is 1. The van der Waals surface area contributed by atoms with Gasteiger partial charge in [0.2, 0.25) is 0 Å². The average Bonchev–Trinajstić information content (AvgIpc) is 3.07. The van der Waals surface area contributed by atoms with Crippen LogP contribution in [0.25, 0.3) is 12.2 Å². The monoisotopic (exact) mass is 384 g/mol. The van der Waals surface area contributed by atoms with Crippen molar-refractivity contribution in [2.45, 2.75) is 11.3 Å². The molecule has 3 rings (SSSR count). The van der Waals surface area contributed by atoms with E-state index in [2.05, 4.69) is 4.98 Å². The summed E-state index contributed by atoms with van der Waals surface area (Å²) in [5.41, 5.74) is 2.11. The second-order valence-electron chi connectivity index (χ2n) is 5.73. The summed E-state index contributed by atoms with van der Waals surface area (Å²) in [5, 5.41) is 17.5. The summed E-state index contributed by atoms with van der Waals surface area (Å²) in [6, 6.07) is 8.72. The molecule has 1 aliphatic heterocycles. The molecular weight excluding hydrogens is 368 g/mol. The molecule has 2 heterocycles. The van der Waals surface area contributed by atoms with Crippen molar-refractivity contribution < 1.29 is 24.0 Å². The number of carbonyl (C=O) groups is 2. The second-order valence-corrected chi connectivity index (χ2v) is 7.11. The molecule has 1 aromatic heterocycles. The van der Waals surface area contributed by atoms with Crippen molar-refractivity contribution in [1.29, 1.82) is 0 Å². The maximum atomic E-state index is 13.1. The molecule has 0 spiro atoms. The summed E-state index contributed by atoms with van der Waals surface area (Å²) in [5.74, 6) is -1.53. The average molecular weight is 384 g/mol. The fourth-order valence-electron chi connectivity index (χ4n) is 2.74. The number of anilines is 1. The number of aliphatic carboxylic acids is 2. The van der Waals surface area contributed by atoms with Crippen LogP contribution in [0, 0.1) is 0 Å². The Kier molecular flexibility index (Phi) is 5.46. The van der Waals surface area contributed by atoms with Gasteiger partial charge in [0.1, 0.15) is 5.82 Å². The molecule has 0 fully saturated rings. The van der Waals surface area contributed by atoms with Gasteiger partial charge in [-0.15, -0.1) is 0 Å². The van der Waals surface area contributed by atoms with Crippen molar-refractivity contribution >= 4 is 40.9 Å². The van der Waals surface area contributed by atoms with Gasteiger partial charge in [-0.25, -0.2) is 18.8 Å². The first kappa shape index (κ1) is 18.5. The summed E-state index contributed by atoms with van der Waals surface area (Å²) in [4.78, 5) is 26.3. The first-order chi connectivity index (χ1) is 13.0. The third-order valence-electron chi connectivity index (χ3n) is 3.92. The topological polar surface area (TPSA) is 108 Å². The molecular formula is C19H16N2O5S. The number of nitrogens with zero attached hydrogens (tertiary/aromatic N) is 2. The van der Waals surface area contributed by atoms with Crippen molar-refractivity contribution in [2.24, 2.45) is 0 Å². The quantitative estimate of drug-likeness (QED) is 0.741. The van der Waals surface area contributed by atoms with Crippen molar-refractivity contribution in [3.63, 3.8) is 0 Å². The van der Waals surface area contributed by atoms with Gasteiger partial charge in [0.15, 0.2) is 11.0 Å². The summed E-state index contributed by atoms with van der Waals surface area (Å²) >= 11 is 0. The predicted molar refractivity (Wildman–Crippen MR) is 101 cm³/mol. The Morgan fingerprint density at radius 3 is 2.56 bits per heavy atom. The van der Waals surface area contributed by atoms with Gasteiger partial charge in [-0.05, 0) is 47.4 Å². The molecule has 0 aliphatic carbocycles. The molecule has 27 heavy (non-hydrogen) atoms. The van der Waals surface area contributed by atoms with E-state index in [-0.39, 0.29) is 0 Å². The summed E-state index contributed by atoms with van der Waals surface area (Å²) in [6.07, 6.45) is 7.09. The van der Waals surface area contributed by atoms with Crippen LogP contribution in [0.2, 0.25) is 0 Å². The summed E-state index contributed by atoms with van der Waals surface area (Å²) in [7, 11) is -1.55. The number of benzene rings is 1. The number of aromatic nitrogens is 1. The van der Waals surface area contributed by atoms with E-state index in [4.69, 9.17) is 10.2 Å². The van der Waals surface area contributed by atoms with E-state index in [0.29, 0.717) is 34.8 Å². The van der Waals surface area contributed by atoms with E-state index in [1.165, 1.54) is 18.3 Å². The second kappa shape index (κ2) is 7.96. The van der Waals surface area contributed by atoms with Crippen LogP contribution in [0.4, 0.5) is 5.82 Å². The molecule has 1 unspecified atom stereocenters. The molecule has 1 aromatic carbocycles. The van der Waals surface area contributed by atoms with Crippen molar-refractivity contribution in [1.82, 2.24) is 4.98 Å². The van der Waals surface area contributed by atoms with Gasteiger partial charge in [0.05, 0.1) is 4.90 Å². The predicted octanol–water partition coefficient (Wildman–Crippen LogP) is 2.36. The normalized spacial score (nSPS) is 14.6. The maximum Gasteiger partial charge on any atom is 0.328 e. The van der Waals surface area contributed by atoms with Gasteiger partial charge in [-0.2, -0.15) is 0 Å². The van der Waals surface area contributed by atoms with Crippen LogP contribution in [-0.4, -0.2) is 37.9 Å². The largest absolute Gasteiger partial charge is 0.478 e. The molecule has 7 nitrogen and oxygen atoms in total. The fourth-order valence-corrected chi connectivity index (χ4v) is 4.08. The number of carboxylic acids is 2. The zero-order valence-corrected chi connectivity index (χ0v) is 14.9. The zero-order valence-electron chi connectivity index (χ0n) is 14.1. The lowest BCUT2D eigenvalue weighted by atomic mass is 10.1. The van der Waals surface area contributed by atoms with E-state index in [9.17, 15) is 13.8 Å². The highest BCUT2D eigenvalue weighted by molar-refractivity contribution is 7.86. The number of carboxylic acid groups (broad SMARTS) is 2. The maximum absolute atomic E-state index is 13.1. The van der Waals surface area contributed by atoms with Gasteiger partial charge >= 0.3 is 11.9 Å². The van der Waals surface area contributed by atoms with Crippen molar-refractivity contribution in [3.05, 3.63) is 65.4 Å². The van der Waals surface area contributed by atoms with Crippen molar-refractivity contribution in [3.8, 4) is 0 Å². The van der Waals surface area contributed by atoms with Gasteiger partial charge in [0, 0.05) is 24.9 Å². The van der Waals surface area contributed by atoms with Gasteiger partial charge < -0.3 is 10.2 Å². The van der Waals surface area contributed by atoms with Crippen LogP contribution in [0.5, 0.6) is 0 Å². The first-order valence-corrected chi connectivity index (χ1v) is 9.16. The zero-order chi connectivity index (χ0) is 19.4. The standard InChI is InChI=1S/C19H16N2O5S/c22-17(23)7-5-13-11-15-9-10-21(19(15)20-12-13)27(26)16-4-2-1-3-14(16)6-8-18(24)25/h1-8,11-12H,9-10H2,(H,22,23)(H,24,25)/b7-5+,8-6+. The number of hydrogen-bond acceptors (Lipinski definition) is 4. The third kappa shape index (κ3) is 4.29. The number of fused-ring (bicyclic) bond motifs is 1. The highest BCUT2D eigenvalue weighted by Crippen LogP contribution is 2.31. The molecule has 2 N–H and O–H groups in total. The molecule has 138 valence electrons. The van der Waals surface area contributed by atoms with Gasteiger partial charge in [-0.1, -0.05) is 18.2 Å². The van der Waals surface area contributed by atoms with Gasteiger partial charge in [0.25, 0.3) is 0 Å². The minimum atomic E-state index is -1.55. The van der Waals surface area contributed by atoms with Gasteiger partial charge in [-0.3, -0.25) is 4.31 Å². The molecule has 0 radical (unpaired) electrons. The third-order valence-corrected chi connectivity index (χ3v) is 5.42. The van der Waals surface area contributed by atoms with Crippen LogP contribution >= 0.6 is 0 Å². The van der Waals surface area contributed by atoms with Crippen LogP contribution < -0.4 is 4.31 Å². The molecule has 2 aromatic rings. The fraction of sp³-hybridized carbons (Fsp3) is 0.105. The number of rotatable bonds is 6. The minimum absolute atomic E-state index is 0.498. The van der Waals surface area contributed by atoms with E-state index in [1.54, 1.807) is 28.6 Å². The van der Waals surface area contributed by atoms with E-state index < -0.39 is 22.9 Å². The highest BCUT2D eigenvalue weighted by atomic mass is 32.2. The van der Waals surface area contributed by atoms with Crippen LogP contribution in [0.15, 0.2) is 53.6 Å². The molecule has 0 saturated heterocycles. The lowest BCUT2D eigenvalue weighted by Crippen LogP contribution is -2.24. The van der Waals surface area contributed by atoms with E-state index in [1.807, 2.05) is 6.07 Å². The SMILES string of the molecule is O=C(O)/C=C/c1cnc2c(c1)CCN2S(=O)c1ccccc1/C=C/C(=O)O. The van der Waals surface area contributed by atoms with Crippen molar-refractivity contribution in [2.75, 3.05) is 10.8 Å². The van der Waals surface area contributed by atoms with Crippen LogP contribution in [-0.2, 0) is 27.0 Å². The Balaban J connectivity index is 1.89. The van der Waals surface area contributed by atoms with Crippen LogP contribution in [0.3, 0.4) is 0 Å². The van der Waals surface area contributed by atoms with E-state index in [0.717, 1.165) is 17.7 Å². The Morgan fingerprint density at radius 1 is 1.11 bits per heavy atom. The molecule has 1 atom stereocenters. The molecule has 0 bridgehead atoms. The number of hydrogen-bond donors (Lipinski definition) is 2. The molecule has 8 heteroatoms. The molecule has 0 amide bonds. The first-order valence-electron chi connectivity index (χ1n) is 8.05. The molecule has 0 saturated carbocycles. The molecule has 1 aliphatic rings. The Hall–Kier alpha value is -3.26. The lowest BCUT2D eigenvalue weighted by Gasteiger charge is -2.18. The highest BCUT2D eigenvalue weighted by Gasteiger charge is 2.27. The summed E-state index contributed by atoms with van der Waals surface area (Å²) in [6.45, 7) is 0.498. The Morgan fingerprint density at radius 2 is 1.81 bits per heavy atom. The Bertz CT molecular complexity index is 984. The minimum Gasteiger partial charge on any atom is -0.478 e. The van der Waals surface area contributed by atoms with Crippen LogP contribution in [0.1, 0.15) is 16.7 Å². The lowest BCUT2D eigenvalue weighted by molar-refractivity contribution is -0.132. The summed E-state index contributed by atoms with van der Waals surface area (Å²) < 4.78 is 14.8.